The average Bonchev–Trinajstić information content (AvgIpc) is 3.46. The zero-order valence-electron chi connectivity index (χ0n) is 21.3. The molecule has 0 amide bonds. The zero-order chi connectivity index (χ0) is 27.5. The van der Waals surface area contributed by atoms with Gasteiger partial charge in [-0.3, -0.25) is 18.9 Å². The van der Waals surface area contributed by atoms with Gasteiger partial charge in [0.15, 0.2) is 18.2 Å². The standard InChI is InChI=1S/C24H33FN3O9P/c1-15(2)13-17(21-33-11-12-34-21)27-38(32,37-16-7-5-4-6-8-16)35-14-18-20(30)24(3,25)22(36-18)28-10-9-19(29)26-23(28)31/h4-10,15,17-18,20-22,30H,11-14H2,1-3H3,(H,27,32)(H,26,29,31)/t17-,18+,20+,22+,24+,38-/m0/s1. The fourth-order valence-corrected chi connectivity index (χ4v) is 5.94. The number of rotatable bonds is 11. The summed E-state index contributed by atoms with van der Waals surface area (Å²) < 4.78 is 58.8. The lowest BCUT2D eigenvalue weighted by molar-refractivity contribution is -0.0698. The van der Waals surface area contributed by atoms with Gasteiger partial charge in [-0.15, -0.1) is 0 Å². The summed E-state index contributed by atoms with van der Waals surface area (Å²) in [5.74, 6) is 0.426. The maximum atomic E-state index is 15.6. The van der Waals surface area contributed by atoms with E-state index in [-0.39, 0.29) is 11.7 Å². The van der Waals surface area contributed by atoms with E-state index >= 15 is 4.39 Å². The highest BCUT2D eigenvalue weighted by molar-refractivity contribution is 7.52. The number of alkyl halides is 1. The number of H-pyrrole nitrogens is 1. The van der Waals surface area contributed by atoms with Crippen molar-refractivity contribution < 1.29 is 37.3 Å². The van der Waals surface area contributed by atoms with E-state index in [9.17, 15) is 19.3 Å². The molecule has 2 aliphatic rings. The van der Waals surface area contributed by atoms with E-state index in [2.05, 4.69) is 5.09 Å². The predicted molar refractivity (Wildman–Crippen MR) is 133 cm³/mol. The third-order valence-electron chi connectivity index (χ3n) is 6.22. The maximum Gasteiger partial charge on any atom is 0.459 e. The highest BCUT2D eigenvalue weighted by Gasteiger charge is 2.56. The van der Waals surface area contributed by atoms with Crippen molar-refractivity contribution in [2.24, 2.45) is 5.92 Å². The van der Waals surface area contributed by atoms with E-state index in [1.54, 1.807) is 30.3 Å². The lowest BCUT2D eigenvalue weighted by Gasteiger charge is -2.30. The smallest absolute Gasteiger partial charge is 0.413 e. The Morgan fingerprint density at radius 1 is 1.24 bits per heavy atom. The molecule has 2 aliphatic heterocycles. The molecule has 210 valence electrons. The number of benzene rings is 1. The summed E-state index contributed by atoms with van der Waals surface area (Å²) in [5, 5.41) is 13.6. The van der Waals surface area contributed by atoms with Crippen molar-refractivity contribution in [3.05, 3.63) is 63.4 Å². The number of nitrogens with zero attached hydrogens (tertiary/aromatic N) is 1. The molecule has 0 saturated carbocycles. The van der Waals surface area contributed by atoms with Crippen LogP contribution in [0.15, 0.2) is 52.2 Å². The number of ether oxygens (including phenoxy) is 3. The average molecular weight is 558 g/mol. The summed E-state index contributed by atoms with van der Waals surface area (Å²) in [7, 11) is -4.17. The topological polar surface area (TPSA) is 150 Å². The third-order valence-corrected chi connectivity index (χ3v) is 7.81. The molecule has 3 heterocycles. The van der Waals surface area contributed by atoms with Crippen LogP contribution in [-0.4, -0.2) is 64.7 Å². The highest BCUT2D eigenvalue weighted by atomic mass is 31.2. The lowest BCUT2D eigenvalue weighted by atomic mass is 9.98. The number of hydrogen-bond donors (Lipinski definition) is 3. The summed E-state index contributed by atoms with van der Waals surface area (Å²) in [6.07, 6.45) is -3.77. The first kappa shape index (κ1) is 28.6. The molecule has 0 bridgehead atoms. The van der Waals surface area contributed by atoms with E-state index < -0.39 is 62.0 Å². The molecule has 1 aromatic carbocycles. The van der Waals surface area contributed by atoms with Crippen LogP contribution in [0.25, 0.3) is 0 Å². The van der Waals surface area contributed by atoms with Gasteiger partial charge in [0, 0.05) is 12.3 Å². The van der Waals surface area contributed by atoms with Gasteiger partial charge in [-0.25, -0.2) is 18.8 Å². The first-order valence-corrected chi connectivity index (χ1v) is 13.9. The fraction of sp³-hybridized carbons (Fsp3) is 0.583. The van der Waals surface area contributed by atoms with Crippen molar-refractivity contribution in [3.63, 3.8) is 0 Å². The molecule has 3 N–H and O–H groups in total. The molecule has 2 fully saturated rings. The molecule has 14 heteroatoms. The Balaban J connectivity index is 1.55. The van der Waals surface area contributed by atoms with Crippen LogP contribution < -0.4 is 20.9 Å². The van der Waals surface area contributed by atoms with Gasteiger partial charge in [0.05, 0.1) is 25.9 Å². The number of hydrogen-bond acceptors (Lipinski definition) is 9. The van der Waals surface area contributed by atoms with Crippen LogP contribution >= 0.6 is 7.75 Å². The molecular formula is C24H33FN3O9P. The molecule has 12 nitrogen and oxygen atoms in total. The molecule has 2 saturated heterocycles. The third kappa shape index (κ3) is 6.60. The van der Waals surface area contributed by atoms with Crippen LogP contribution in [0.4, 0.5) is 4.39 Å². The monoisotopic (exact) mass is 557 g/mol. The second-order valence-electron chi connectivity index (χ2n) is 9.81. The number of aliphatic hydroxyl groups is 1. The van der Waals surface area contributed by atoms with Gasteiger partial charge in [-0.2, -0.15) is 0 Å². The second kappa shape index (κ2) is 11.8. The van der Waals surface area contributed by atoms with E-state index in [1.165, 1.54) is 0 Å². The minimum atomic E-state index is -4.17. The molecular weight excluding hydrogens is 524 g/mol. The molecule has 4 rings (SSSR count). The van der Waals surface area contributed by atoms with Crippen LogP contribution in [0.3, 0.4) is 0 Å². The summed E-state index contributed by atoms with van der Waals surface area (Å²) in [6.45, 7) is 5.25. The van der Waals surface area contributed by atoms with E-state index in [0.29, 0.717) is 19.6 Å². The van der Waals surface area contributed by atoms with Crippen LogP contribution in [0.5, 0.6) is 5.75 Å². The summed E-state index contributed by atoms with van der Waals surface area (Å²) in [5.41, 5.74) is -4.02. The van der Waals surface area contributed by atoms with Crippen LogP contribution in [-0.2, 0) is 23.3 Å². The Morgan fingerprint density at radius 3 is 2.55 bits per heavy atom. The van der Waals surface area contributed by atoms with Gasteiger partial charge >= 0.3 is 13.4 Å². The molecule has 6 atom stereocenters. The number of aromatic amines is 1. The van der Waals surface area contributed by atoms with Crippen LogP contribution in [0.2, 0.25) is 0 Å². The minimum Gasteiger partial charge on any atom is -0.413 e. The first-order chi connectivity index (χ1) is 18.0. The van der Waals surface area contributed by atoms with E-state index in [4.69, 9.17) is 23.3 Å². The molecule has 0 spiro atoms. The first-order valence-electron chi connectivity index (χ1n) is 12.3. The molecule has 38 heavy (non-hydrogen) atoms. The number of nitrogens with one attached hydrogen (secondary N) is 2. The van der Waals surface area contributed by atoms with Crippen molar-refractivity contribution in [2.75, 3.05) is 19.8 Å². The van der Waals surface area contributed by atoms with Gasteiger partial charge in [0.1, 0.15) is 18.0 Å². The second-order valence-corrected chi connectivity index (χ2v) is 11.5. The summed E-state index contributed by atoms with van der Waals surface area (Å²) in [6, 6.07) is 8.80. The number of aliphatic hydroxyl groups excluding tert-OH is 1. The number of aromatic nitrogens is 2. The number of para-hydroxylation sites is 1. The Labute approximate surface area is 218 Å². The van der Waals surface area contributed by atoms with Gasteiger partial charge in [-0.1, -0.05) is 32.0 Å². The molecule has 0 radical (unpaired) electrons. The molecule has 2 aromatic rings. The van der Waals surface area contributed by atoms with Crippen molar-refractivity contribution in [3.8, 4) is 5.75 Å². The largest absolute Gasteiger partial charge is 0.459 e. The molecule has 1 aromatic heterocycles. The highest BCUT2D eigenvalue weighted by Crippen LogP contribution is 2.48. The minimum absolute atomic E-state index is 0.175. The Bertz CT molecular complexity index is 1230. The predicted octanol–water partition coefficient (Wildman–Crippen LogP) is 2.10. The van der Waals surface area contributed by atoms with Crippen molar-refractivity contribution in [2.45, 2.75) is 63.6 Å². The van der Waals surface area contributed by atoms with Gasteiger partial charge in [-0.05, 0) is 31.4 Å². The van der Waals surface area contributed by atoms with Crippen molar-refractivity contribution in [1.82, 2.24) is 14.6 Å². The SMILES string of the molecule is CC(C)C[C@H](N[P@](=O)(OC[C@H]1O[C@@H](n2ccc(=O)[nH]c2=O)[C@](C)(F)[C@@H]1O)Oc1ccccc1)C1OCCO1. The summed E-state index contributed by atoms with van der Waals surface area (Å²) in [4.78, 5) is 25.7. The van der Waals surface area contributed by atoms with Gasteiger partial charge < -0.3 is 23.8 Å². The van der Waals surface area contributed by atoms with Gasteiger partial charge in [0.2, 0.25) is 0 Å². The van der Waals surface area contributed by atoms with E-state index in [0.717, 1.165) is 23.8 Å². The Hall–Kier alpha value is -2.38. The number of halogens is 1. The molecule has 0 aliphatic carbocycles. The fourth-order valence-electron chi connectivity index (χ4n) is 4.39. The van der Waals surface area contributed by atoms with Crippen molar-refractivity contribution >= 4 is 7.75 Å². The van der Waals surface area contributed by atoms with Crippen LogP contribution in [0.1, 0.15) is 33.4 Å². The summed E-state index contributed by atoms with van der Waals surface area (Å²) >= 11 is 0. The van der Waals surface area contributed by atoms with Crippen molar-refractivity contribution in [1.29, 1.82) is 0 Å². The van der Waals surface area contributed by atoms with E-state index in [1.807, 2.05) is 18.8 Å². The molecule has 0 unspecified atom stereocenters. The normalized spacial score (nSPS) is 28.4. The Kier molecular flexibility index (Phi) is 8.88. The quantitative estimate of drug-likeness (QED) is 0.351. The zero-order valence-corrected chi connectivity index (χ0v) is 22.2. The Morgan fingerprint density at radius 2 is 1.92 bits per heavy atom. The lowest BCUT2D eigenvalue weighted by Crippen LogP contribution is -2.44. The van der Waals surface area contributed by atoms with Gasteiger partial charge in [0.25, 0.3) is 5.56 Å². The maximum absolute atomic E-state index is 15.6. The van der Waals surface area contributed by atoms with Crippen LogP contribution in [0, 0.1) is 5.92 Å².